The summed E-state index contributed by atoms with van der Waals surface area (Å²) in [7, 11) is 0. The molecule has 0 aliphatic heterocycles. The summed E-state index contributed by atoms with van der Waals surface area (Å²) in [6, 6.07) is 4.99. The molecule has 17 heavy (non-hydrogen) atoms. The van der Waals surface area contributed by atoms with E-state index in [1.165, 1.54) is 6.07 Å². The lowest BCUT2D eigenvalue weighted by Gasteiger charge is -2.16. The fourth-order valence-electron chi connectivity index (χ4n) is 1.75. The van der Waals surface area contributed by atoms with Crippen molar-refractivity contribution < 1.29 is 9.90 Å². The number of phenols is 1. The molecule has 4 N–H and O–H groups in total. The van der Waals surface area contributed by atoms with E-state index in [2.05, 4.69) is 5.32 Å². The zero-order chi connectivity index (χ0) is 13.0. The first-order valence-electron chi connectivity index (χ1n) is 5.76. The van der Waals surface area contributed by atoms with Crippen LogP contribution in [0.1, 0.15) is 36.2 Å². The average molecular weight is 236 g/mol. The Hall–Kier alpha value is -1.55. The molecule has 0 aliphatic carbocycles. The van der Waals surface area contributed by atoms with E-state index in [9.17, 15) is 9.90 Å². The number of amides is 1. The van der Waals surface area contributed by atoms with Gasteiger partial charge in [-0.15, -0.1) is 0 Å². The molecule has 0 aromatic heterocycles. The SMILES string of the molecule is Cc1ccc(O)c(C(=O)NC(C)CC(C)N)c1. The molecule has 0 fully saturated rings. The number of hydrogen-bond acceptors (Lipinski definition) is 3. The molecule has 1 aromatic rings. The summed E-state index contributed by atoms with van der Waals surface area (Å²) in [6.07, 6.45) is 0.707. The number of rotatable bonds is 4. The molecule has 0 saturated heterocycles. The first kappa shape index (κ1) is 13.5. The van der Waals surface area contributed by atoms with E-state index in [0.717, 1.165) is 5.56 Å². The number of benzene rings is 1. The van der Waals surface area contributed by atoms with Gasteiger partial charge in [-0.1, -0.05) is 11.6 Å². The van der Waals surface area contributed by atoms with E-state index in [1.54, 1.807) is 12.1 Å². The van der Waals surface area contributed by atoms with Gasteiger partial charge in [0.2, 0.25) is 0 Å². The molecule has 2 atom stereocenters. The van der Waals surface area contributed by atoms with Gasteiger partial charge in [-0.3, -0.25) is 4.79 Å². The molecule has 2 unspecified atom stereocenters. The van der Waals surface area contributed by atoms with Crippen molar-refractivity contribution in [3.8, 4) is 5.75 Å². The molecule has 1 aromatic carbocycles. The first-order chi connectivity index (χ1) is 7.90. The molecule has 0 aliphatic rings. The van der Waals surface area contributed by atoms with Gasteiger partial charge in [0.1, 0.15) is 5.75 Å². The van der Waals surface area contributed by atoms with Gasteiger partial charge >= 0.3 is 0 Å². The van der Waals surface area contributed by atoms with Crippen LogP contribution in [0.25, 0.3) is 0 Å². The summed E-state index contributed by atoms with van der Waals surface area (Å²) in [5.74, 6) is -0.263. The number of nitrogens with two attached hydrogens (primary N) is 1. The smallest absolute Gasteiger partial charge is 0.255 e. The van der Waals surface area contributed by atoms with Gasteiger partial charge in [-0.25, -0.2) is 0 Å². The Balaban J connectivity index is 2.73. The minimum atomic E-state index is -0.264. The summed E-state index contributed by atoms with van der Waals surface area (Å²) in [6.45, 7) is 5.67. The molecule has 0 heterocycles. The molecule has 0 bridgehead atoms. The van der Waals surface area contributed by atoms with Crippen LogP contribution in [0, 0.1) is 6.92 Å². The fourth-order valence-corrected chi connectivity index (χ4v) is 1.75. The highest BCUT2D eigenvalue weighted by atomic mass is 16.3. The van der Waals surface area contributed by atoms with Gasteiger partial charge in [-0.05, 0) is 39.3 Å². The van der Waals surface area contributed by atoms with Crippen LogP contribution in [0.5, 0.6) is 5.75 Å². The van der Waals surface area contributed by atoms with Crippen LogP contribution in [0.2, 0.25) is 0 Å². The Morgan fingerprint density at radius 2 is 2.12 bits per heavy atom. The lowest BCUT2D eigenvalue weighted by atomic mass is 10.1. The second kappa shape index (κ2) is 5.68. The number of carbonyl (C=O) groups excluding carboxylic acids is 1. The van der Waals surface area contributed by atoms with Gasteiger partial charge in [-0.2, -0.15) is 0 Å². The zero-order valence-electron chi connectivity index (χ0n) is 10.5. The number of hydrogen-bond donors (Lipinski definition) is 3. The largest absolute Gasteiger partial charge is 0.507 e. The molecule has 94 valence electrons. The monoisotopic (exact) mass is 236 g/mol. The molecular weight excluding hydrogens is 216 g/mol. The van der Waals surface area contributed by atoms with E-state index in [0.29, 0.717) is 12.0 Å². The van der Waals surface area contributed by atoms with Crippen molar-refractivity contribution in [3.05, 3.63) is 29.3 Å². The summed E-state index contributed by atoms with van der Waals surface area (Å²) >= 11 is 0. The minimum absolute atomic E-state index is 0.00102. The summed E-state index contributed by atoms with van der Waals surface area (Å²) in [5, 5.41) is 12.4. The summed E-state index contributed by atoms with van der Waals surface area (Å²) in [5.41, 5.74) is 6.91. The van der Waals surface area contributed by atoms with Gasteiger partial charge in [0.25, 0.3) is 5.91 Å². The molecular formula is C13H20N2O2. The van der Waals surface area contributed by atoms with Crippen molar-refractivity contribution in [2.45, 2.75) is 39.3 Å². The van der Waals surface area contributed by atoms with Crippen LogP contribution in [0.4, 0.5) is 0 Å². The number of nitrogens with one attached hydrogen (secondary N) is 1. The molecule has 4 heteroatoms. The number of aryl methyl sites for hydroxylation is 1. The summed E-state index contributed by atoms with van der Waals surface area (Å²) < 4.78 is 0. The second-order valence-corrected chi connectivity index (χ2v) is 4.61. The van der Waals surface area contributed by atoms with Gasteiger partial charge in [0.15, 0.2) is 0 Å². The maximum absolute atomic E-state index is 11.9. The summed E-state index contributed by atoms with van der Waals surface area (Å²) in [4.78, 5) is 11.9. The number of phenolic OH excluding ortho intramolecular Hbond substituents is 1. The molecule has 1 amide bonds. The molecule has 0 spiro atoms. The van der Waals surface area contributed by atoms with Gasteiger partial charge in [0, 0.05) is 12.1 Å². The minimum Gasteiger partial charge on any atom is -0.507 e. The van der Waals surface area contributed by atoms with Crippen molar-refractivity contribution in [1.29, 1.82) is 0 Å². The van der Waals surface area contributed by atoms with Crippen LogP contribution >= 0.6 is 0 Å². The van der Waals surface area contributed by atoms with E-state index in [1.807, 2.05) is 20.8 Å². The van der Waals surface area contributed by atoms with Crippen molar-refractivity contribution >= 4 is 5.91 Å². The molecule has 0 saturated carbocycles. The van der Waals surface area contributed by atoms with E-state index < -0.39 is 0 Å². The van der Waals surface area contributed by atoms with Crippen molar-refractivity contribution in [2.24, 2.45) is 5.73 Å². The highest BCUT2D eigenvalue weighted by Gasteiger charge is 2.14. The lowest BCUT2D eigenvalue weighted by molar-refractivity contribution is 0.0935. The lowest BCUT2D eigenvalue weighted by Crippen LogP contribution is -2.36. The standard InChI is InChI=1S/C13H20N2O2/c1-8-4-5-12(16)11(6-8)13(17)15-10(3)7-9(2)14/h4-6,9-10,16H,7,14H2,1-3H3,(H,15,17). The highest BCUT2D eigenvalue weighted by Crippen LogP contribution is 2.18. The Bertz CT molecular complexity index is 402. The van der Waals surface area contributed by atoms with Crippen molar-refractivity contribution in [2.75, 3.05) is 0 Å². The Kier molecular flexibility index (Phi) is 4.52. The van der Waals surface area contributed by atoms with Crippen LogP contribution in [-0.2, 0) is 0 Å². The first-order valence-corrected chi connectivity index (χ1v) is 5.76. The molecule has 1 rings (SSSR count). The molecule has 0 radical (unpaired) electrons. The third-order valence-electron chi connectivity index (χ3n) is 2.50. The van der Waals surface area contributed by atoms with Crippen molar-refractivity contribution in [1.82, 2.24) is 5.32 Å². The Labute approximate surface area is 102 Å². The van der Waals surface area contributed by atoms with Crippen LogP contribution < -0.4 is 11.1 Å². The predicted octanol–water partition coefficient (Wildman–Crippen LogP) is 1.56. The van der Waals surface area contributed by atoms with Crippen LogP contribution in [-0.4, -0.2) is 23.1 Å². The quantitative estimate of drug-likeness (QED) is 0.742. The highest BCUT2D eigenvalue weighted by molar-refractivity contribution is 5.97. The molecule has 4 nitrogen and oxygen atoms in total. The van der Waals surface area contributed by atoms with Crippen LogP contribution in [0.3, 0.4) is 0 Å². The van der Waals surface area contributed by atoms with E-state index in [4.69, 9.17) is 5.73 Å². The average Bonchev–Trinajstić information content (AvgIpc) is 2.20. The normalized spacial score (nSPS) is 14.1. The third-order valence-corrected chi connectivity index (χ3v) is 2.50. The maximum atomic E-state index is 11.9. The Morgan fingerprint density at radius 1 is 1.47 bits per heavy atom. The van der Waals surface area contributed by atoms with Gasteiger partial charge < -0.3 is 16.2 Å². The number of aromatic hydroxyl groups is 1. The van der Waals surface area contributed by atoms with Crippen molar-refractivity contribution in [3.63, 3.8) is 0 Å². The Morgan fingerprint density at radius 3 is 2.71 bits per heavy atom. The fraction of sp³-hybridized carbons (Fsp3) is 0.462. The topological polar surface area (TPSA) is 75.3 Å². The third kappa shape index (κ3) is 4.07. The number of carbonyl (C=O) groups is 1. The zero-order valence-corrected chi connectivity index (χ0v) is 10.5. The maximum Gasteiger partial charge on any atom is 0.255 e. The van der Waals surface area contributed by atoms with E-state index >= 15 is 0 Å². The van der Waals surface area contributed by atoms with Crippen LogP contribution in [0.15, 0.2) is 18.2 Å². The van der Waals surface area contributed by atoms with Gasteiger partial charge in [0.05, 0.1) is 5.56 Å². The predicted molar refractivity (Wildman–Crippen MR) is 68.0 cm³/mol. The second-order valence-electron chi connectivity index (χ2n) is 4.61. The van der Waals surface area contributed by atoms with E-state index in [-0.39, 0.29) is 23.7 Å².